The molecule has 3 aliphatic rings. The molecule has 0 saturated carbocycles. The Hall–Kier alpha value is -1.48. The zero-order valence-electron chi connectivity index (χ0n) is 19.6. The molecule has 4 rings (SSSR count). The van der Waals surface area contributed by atoms with Crippen LogP contribution in [0, 0.1) is 13.8 Å². The van der Waals surface area contributed by atoms with Crippen LogP contribution < -0.4 is 0 Å². The third-order valence-electron chi connectivity index (χ3n) is 7.43. The van der Waals surface area contributed by atoms with Crippen molar-refractivity contribution in [2.24, 2.45) is 0 Å². The summed E-state index contributed by atoms with van der Waals surface area (Å²) in [6.45, 7) is 9.26. The smallest absolute Gasteiger partial charge is 0.227 e. The van der Waals surface area contributed by atoms with Gasteiger partial charge in [-0.25, -0.2) is 8.42 Å². The van der Waals surface area contributed by atoms with E-state index in [9.17, 15) is 13.2 Å². The highest BCUT2D eigenvalue weighted by atomic mass is 32.2. The topological polar surface area (TPSA) is 70.2 Å². The van der Waals surface area contributed by atoms with Crippen LogP contribution in [0.1, 0.15) is 29.5 Å². The van der Waals surface area contributed by atoms with Crippen LogP contribution in [0.2, 0.25) is 0 Å². The van der Waals surface area contributed by atoms with Crippen molar-refractivity contribution < 1.29 is 17.9 Å². The van der Waals surface area contributed by atoms with Crippen molar-refractivity contribution in [3.05, 3.63) is 34.9 Å². The highest BCUT2D eigenvalue weighted by Gasteiger charge is 2.47. The second-order valence-corrected chi connectivity index (χ2v) is 12.0. The van der Waals surface area contributed by atoms with Crippen molar-refractivity contribution in [1.29, 1.82) is 0 Å². The molecule has 0 radical (unpaired) electrons. The van der Waals surface area contributed by atoms with E-state index in [1.165, 1.54) is 30.2 Å². The molecule has 3 aliphatic heterocycles. The maximum Gasteiger partial charge on any atom is 0.227 e. The van der Waals surface area contributed by atoms with E-state index in [4.69, 9.17) is 4.74 Å². The number of amides is 1. The van der Waals surface area contributed by atoms with E-state index in [2.05, 4.69) is 46.7 Å². The third kappa shape index (κ3) is 5.35. The molecular weight excluding hydrogens is 426 g/mol. The van der Waals surface area contributed by atoms with Crippen molar-refractivity contribution in [2.45, 2.75) is 51.2 Å². The molecule has 3 fully saturated rings. The average molecular weight is 464 g/mol. The van der Waals surface area contributed by atoms with E-state index in [1.807, 2.05) is 0 Å². The average Bonchev–Trinajstić information content (AvgIpc) is 3.28. The van der Waals surface area contributed by atoms with Gasteiger partial charge in [-0.2, -0.15) is 0 Å². The molecule has 0 aliphatic carbocycles. The van der Waals surface area contributed by atoms with E-state index in [1.54, 1.807) is 0 Å². The second-order valence-electron chi connectivity index (χ2n) is 9.75. The molecule has 0 aromatic heterocycles. The summed E-state index contributed by atoms with van der Waals surface area (Å²) in [4.78, 5) is 20.4. The van der Waals surface area contributed by atoms with Gasteiger partial charge in [0.1, 0.15) is 9.84 Å². The number of carbonyl (C=O) groups excluding carboxylic acids is 1. The van der Waals surface area contributed by atoms with Gasteiger partial charge in [-0.3, -0.25) is 14.6 Å². The van der Waals surface area contributed by atoms with Gasteiger partial charge in [-0.1, -0.05) is 18.2 Å². The van der Waals surface area contributed by atoms with Crippen molar-refractivity contribution >= 4 is 15.7 Å². The van der Waals surface area contributed by atoms with Gasteiger partial charge in [0.05, 0.1) is 43.5 Å². The zero-order chi connectivity index (χ0) is 22.9. The second kappa shape index (κ2) is 9.79. The van der Waals surface area contributed by atoms with Crippen LogP contribution >= 0.6 is 0 Å². The highest BCUT2D eigenvalue weighted by molar-refractivity contribution is 7.90. The van der Waals surface area contributed by atoms with Crippen LogP contribution in [-0.4, -0.2) is 105 Å². The van der Waals surface area contributed by atoms with Gasteiger partial charge >= 0.3 is 0 Å². The number of aryl methyl sites for hydroxylation is 2. The van der Waals surface area contributed by atoms with Gasteiger partial charge in [0.25, 0.3) is 0 Å². The molecule has 0 bridgehead atoms. The van der Waals surface area contributed by atoms with Crippen LogP contribution in [0.5, 0.6) is 0 Å². The van der Waals surface area contributed by atoms with Crippen LogP contribution in [0.4, 0.5) is 0 Å². The Morgan fingerprint density at radius 3 is 2.44 bits per heavy atom. The molecule has 3 saturated heterocycles. The first-order chi connectivity index (χ1) is 15.2. The lowest BCUT2D eigenvalue weighted by Gasteiger charge is -2.54. The van der Waals surface area contributed by atoms with Gasteiger partial charge in [0.15, 0.2) is 0 Å². The summed E-state index contributed by atoms with van der Waals surface area (Å²) < 4.78 is 29.6. The maximum absolute atomic E-state index is 13.6. The summed E-state index contributed by atoms with van der Waals surface area (Å²) in [5.74, 6) is 0.304. The SMILES string of the molecule is Cc1ccc(CC(=O)N2CCN(CCS(C)(=O)=O)C3COCC(N4CCCC4)[C@H]32)cc1C. The Kier molecular flexibility index (Phi) is 7.24. The van der Waals surface area contributed by atoms with Gasteiger partial charge in [-0.05, 0) is 56.5 Å². The monoisotopic (exact) mass is 463 g/mol. The van der Waals surface area contributed by atoms with E-state index in [0.29, 0.717) is 39.3 Å². The van der Waals surface area contributed by atoms with Gasteiger partial charge < -0.3 is 9.64 Å². The van der Waals surface area contributed by atoms with Crippen molar-refractivity contribution in [3.8, 4) is 0 Å². The number of likely N-dealkylation sites (tertiary alicyclic amines) is 1. The number of ether oxygens (including phenoxy) is 1. The third-order valence-corrected chi connectivity index (χ3v) is 8.35. The fourth-order valence-corrected chi connectivity index (χ4v) is 6.05. The van der Waals surface area contributed by atoms with E-state index < -0.39 is 9.84 Å². The Morgan fingerprint density at radius 1 is 1.03 bits per heavy atom. The largest absolute Gasteiger partial charge is 0.378 e. The number of hydrogen-bond donors (Lipinski definition) is 0. The van der Waals surface area contributed by atoms with Crippen LogP contribution in [0.3, 0.4) is 0 Å². The first kappa shape index (κ1) is 23.7. The predicted molar refractivity (Wildman–Crippen MR) is 126 cm³/mol. The first-order valence-corrected chi connectivity index (χ1v) is 13.9. The Morgan fingerprint density at radius 2 is 1.75 bits per heavy atom. The lowest BCUT2D eigenvalue weighted by atomic mass is 9.91. The molecule has 0 N–H and O–H groups in total. The number of fused-ring (bicyclic) bond motifs is 1. The Labute approximate surface area is 192 Å². The quantitative estimate of drug-likeness (QED) is 0.633. The summed E-state index contributed by atoms with van der Waals surface area (Å²) in [6.07, 6.45) is 4.06. The zero-order valence-corrected chi connectivity index (χ0v) is 20.4. The van der Waals surface area contributed by atoms with Gasteiger partial charge in [-0.15, -0.1) is 0 Å². The molecule has 32 heavy (non-hydrogen) atoms. The van der Waals surface area contributed by atoms with Crippen molar-refractivity contribution in [3.63, 3.8) is 0 Å². The molecule has 3 heterocycles. The molecular formula is C24H37N3O4S. The molecule has 3 atom stereocenters. The van der Waals surface area contributed by atoms with Crippen molar-refractivity contribution in [1.82, 2.24) is 14.7 Å². The molecule has 1 aromatic rings. The van der Waals surface area contributed by atoms with Gasteiger partial charge in [0.2, 0.25) is 5.91 Å². The normalized spacial score (nSPS) is 27.5. The lowest BCUT2D eigenvalue weighted by Crippen LogP contribution is -2.71. The molecule has 7 nitrogen and oxygen atoms in total. The number of carbonyl (C=O) groups is 1. The van der Waals surface area contributed by atoms with E-state index in [-0.39, 0.29) is 29.8 Å². The highest BCUT2D eigenvalue weighted by Crippen LogP contribution is 2.30. The van der Waals surface area contributed by atoms with Gasteiger partial charge in [0, 0.05) is 25.9 Å². The number of rotatable bonds is 6. The van der Waals surface area contributed by atoms with Crippen LogP contribution in [0.15, 0.2) is 18.2 Å². The van der Waals surface area contributed by atoms with E-state index in [0.717, 1.165) is 18.7 Å². The molecule has 0 spiro atoms. The minimum atomic E-state index is -3.04. The summed E-state index contributed by atoms with van der Waals surface area (Å²) >= 11 is 0. The minimum Gasteiger partial charge on any atom is -0.378 e. The molecule has 1 aromatic carbocycles. The molecule has 8 heteroatoms. The van der Waals surface area contributed by atoms with Crippen LogP contribution in [0.25, 0.3) is 0 Å². The van der Waals surface area contributed by atoms with E-state index >= 15 is 0 Å². The Bertz CT molecular complexity index is 929. The summed E-state index contributed by atoms with van der Waals surface area (Å²) in [5, 5.41) is 0. The number of benzene rings is 1. The number of hydrogen-bond acceptors (Lipinski definition) is 6. The Balaban J connectivity index is 1.56. The molecule has 1 amide bonds. The number of sulfone groups is 1. The molecule has 178 valence electrons. The fourth-order valence-electron chi connectivity index (χ4n) is 5.49. The minimum absolute atomic E-state index is 0.0357. The summed E-state index contributed by atoms with van der Waals surface area (Å²) in [7, 11) is -3.04. The predicted octanol–water partition coefficient (Wildman–Crippen LogP) is 1.27. The number of nitrogens with zero attached hydrogens (tertiary/aromatic N) is 3. The molecule has 2 unspecified atom stereocenters. The number of piperazine rings is 1. The summed E-state index contributed by atoms with van der Waals surface area (Å²) in [5.41, 5.74) is 3.50. The summed E-state index contributed by atoms with van der Waals surface area (Å²) in [6, 6.07) is 6.51. The standard InChI is InChI=1S/C24H37N3O4S/c1-18-6-7-20(14-19(18)2)15-23(28)27-11-10-26(12-13-32(3,29)30)22-17-31-16-21(24(22)27)25-8-4-5-9-25/h6-7,14,21-22,24H,4-5,8-13,15-17H2,1-3H3/t21?,22?,24-/m1/s1. The maximum atomic E-state index is 13.6. The van der Waals surface area contributed by atoms with Crippen molar-refractivity contribution in [2.75, 3.05) is 57.9 Å². The first-order valence-electron chi connectivity index (χ1n) is 11.8. The van der Waals surface area contributed by atoms with Crippen LogP contribution in [-0.2, 0) is 25.8 Å². The lowest BCUT2D eigenvalue weighted by molar-refractivity contribution is -0.152. The fraction of sp³-hybridized carbons (Fsp3) is 0.708.